The Labute approximate surface area is 229 Å². The highest BCUT2D eigenvalue weighted by Gasteiger charge is 2.33. The van der Waals surface area contributed by atoms with E-state index in [0.717, 1.165) is 26.7 Å². The summed E-state index contributed by atoms with van der Waals surface area (Å²) in [6.45, 7) is 1.56. The number of amides is 1. The van der Waals surface area contributed by atoms with E-state index in [4.69, 9.17) is 4.74 Å². The minimum absolute atomic E-state index is 0.0968. The molecule has 1 aliphatic heterocycles. The number of carbonyl (C=O) groups is 2. The molecule has 192 valence electrons. The summed E-state index contributed by atoms with van der Waals surface area (Å²) in [6, 6.07) is 31.9. The summed E-state index contributed by atoms with van der Waals surface area (Å²) in [5.41, 5.74) is 2.61. The Morgan fingerprint density at radius 2 is 1.28 bits per heavy atom. The Morgan fingerprint density at radius 3 is 1.92 bits per heavy atom. The lowest BCUT2D eigenvalue weighted by Gasteiger charge is -2.32. The number of rotatable bonds is 4. The summed E-state index contributed by atoms with van der Waals surface area (Å²) >= 11 is 1.59. The summed E-state index contributed by atoms with van der Waals surface area (Å²) < 4.78 is 7.14. The molecule has 0 fully saturated rings. The lowest BCUT2D eigenvalue weighted by molar-refractivity contribution is -0.125. The van der Waals surface area contributed by atoms with Crippen LogP contribution in [0.1, 0.15) is 17.4 Å². The van der Waals surface area contributed by atoms with Gasteiger partial charge in [0.15, 0.2) is 6.10 Å². The van der Waals surface area contributed by atoms with Crippen molar-refractivity contribution in [2.45, 2.75) is 22.8 Å². The van der Waals surface area contributed by atoms with E-state index in [1.54, 1.807) is 42.8 Å². The molecule has 1 aromatic heterocycles. The van der Waals surface area contributed by atoms with Crippen molar-refractivity contribution in [2.75, 3.05) is 4.90 Å². The van der Waals surface area contributed by atoms with E-state index in [0.29, 0.717) is 16.3 Å². The number of nitrogens with zero attached hydrogens (tertiary/aromatic N) is 2. The summed E-state index contributed by atoms with van der Waals surface area (Å²) in [7, 11) is 1.55. The SMILES string of the molecule is CC(OC(=O)c1c(-c2ccccc2)c2ccccc2c(=O)n1C)C(=O)N1c2ccccc2Sc2ccccc21. The van der Waals surface area contributed by atoms with Gasteiger partial charge in [0.1, 0.15) is 5.69 Å². The first-order valence-electron chi connectivity index (χ1n) is 12.5. The van der Waals surface area contributed by atoms with E-state index in [1.165, 1.54) is 4.57 Å². The largest absolute Gasteiger partial charge is 0.448 e. The first-order valence-corrected chi connectivity index (χ1v) is 13.4. The average molecular weight is 533 g/mol. The van der Waals surface area contributed by atoms with Gasteiger partial charge >= 0.3 is 5.97 Å². The Hall–Kier alpha value is -4.62. The van der Waals surface area contributed by atoms with Crippen LogP contribution in [0.15, 0.2) is 118 Å². The summed E-state index contributed by atoms with van der Waals surface area (Å²) in [4.78, 5) is 44.4. The predicted molar refractivity (Wildman–Crippen MR) is 154 cm³/mol. The fourth-order valence-electron chi connectivity index (χ4n) is 4.99. The Kier molecular flexibility index (Phi) is 6.29. The first-order chi connectivity index (χ1) is 19.0. The lowest BCUT2D eigenvalue weighted by atomic mass is 9.97. The molecule has 0 saturated heterocycles. The third-order valence-corrected chi connectivity index (χ3v) is 7.97. The van der Waals surface area contributed by atoms with Crippen molar-refractivity contribution in [2.24, 2.45) is 7.05 Å². The second kappa shape index (κ2) is 9.93. The van der Waals surface area contributed by atoms with Gasteiger partial charge in [0.25, 0.3) is 11.5 Å². The van der Waals surface area contributed by atoms with Crippen LogP contribution >= 0.6 is 11.8 Å². The normalized spacial score (nSPS) is 12.9. The van der Waals surface area contributed by atoms with Crippen LogP contribution in [-0.4, -0.2) is 22.5 Å². The molecule has 6 rings (SSSR count). The standard InChI is InChI=1S/C32H24N2O4S/c1-20(30(35)34-24-16-8-10-18-26(24)39-27-19-11-9-17-25(27)34)38-32(37)29-28(21-12-4-3-5-13-21)22-14-6-7-15-23(22)31(36)33(29)2/h3-20H,1-2H3. The van der Waals surface area contributed by atoms with Gasteiger partial charge in [-0.3, -0.25) is 14.5 Å². The van der Waals surface area contributed by atoms with Gasteiger partial charge in [-0.2, -0.15) is 0 Å². The minimum Gasteiger partial charge on any atom is -0.448 e. The van der Waals surface area contributed by atoms with Crippen LogP contribution in [-0.2, 0) is 16.6 Å². The molecule has 0 spiro atoms. The monoisotopic (exact) mass is 532 g/mol. The Morgan fingerprint density at radius 1 is 0.744 bits per heavy atom. The van der Waals surface area contributed by atoms with Crippen LogP contribution in [0.5, 0.6) is 0 Å². The highest BCUT2D eigenvalue weighted by Crippen LogP contribution is 2.48. The van der Waals surface area contributed by atoms with Gasteiger partial charge in [0.05, 0.1) is 11.4 Å². The van der Waals surface area contributed by atoms with Crippen LogP contribution in [0, 0.1) is 0 Å². The number of anilines is 2. The lowest BCUT2D eigenvalue weighted by Crippen LogP contribution is -2.39. The van der Waals surface area contributed by atoms with E-state index in [1.807, 2.05) is 91.0 Å². The van der Waals surface area contributed by atoms with Gasteiger partial charge in [-0.15, -0.1) is 0 Å². The smallest absolute Gasteiger partial charge is 0.356 e. The van der Waals surface area contributed by atoms with E-state index >= 15 is 0 Å². The molecule has 1 aliphatic rings. The van der Waals surface area contributed by atoms with E-state index in [2.05, 4.69) is 0 Å². The molecule has 0 N–H and O–H groups in total. The molecule has 1 amide bonds. The molecule has 4 aromatic carbocycles. The third-order valence-electron chi connectivity index (χ3n) is 6.84. The zero-order chi connectivity index (χ0) is 27.1. The number of carbonyl (C=O) groups excluding carboxylic acids is 2. The zero-order valence-electron chi connectivity index (χ0n) is 21.3. The second-order valence-corrected chi connectivity index (χ2v) is 10.3. The van der Waals surface area contributed by atoms with E-state index < -0.39 is 12.1 Å². The molecule has 0 radical (unpaired) electrons. The number of benzene rings is 4. The van der Waals surface area contributed by atoms with Crippen molar-refractivity contribution in [1.82, 2.24) is 4.57 Å². The fourth-order valence-corrected chi connectivity index (χ4v) is 6.05. The minimum atomic E-state index is -1.12. The molecule has 0 bridgehead atoms. The molecular weight excluding hydrogens is 508 g/mol. The highest BCUT2D eigenvalue weighted by atomic mass is 32.2. The van der Waals surface area contributed by atoms with Crippen molar-refractivity contribution in [3.05, 3.63) is 119 Å². The van der Waals surface area contributed by atoms with Crippen LogP contribution in [0.2, 0.25) is 0 Å². The summed E-state index contributed by atoms with van der Waals surface area (Å²) in [5, 5.41) is 1.15. The van der Waals surface area contributed by atoms with Crippen LogP contribution in [0.3, 0.4) is 0 Å². The molecule has 0 aliphatic carbocycles. The molecule has 2 heterocycles. The van der Waals surface area contributed by atoms with Crippen molar-refractivity contribution >= 4 is 45.8 Å². The molecule has 39 heavy (non-hydrogen) atoms. The number of fused-ring (bicyclic) bond motifs is 3. The maximum absolute atomic E-state index is 13.9. The summed E-state index contributed by atoms with van der Waals surface area (Å²) in [6.07, 6.45) is -1.12. The van der Waals surface area contributed by atoms with Crippen molar-refractivity contribution in [1.29, 1.82) is 0 Å². The average Bonchev–Trinajstić information content (AvgIpc) is 2.97. The van der Waals surface area contributed by atoms with Crippen molar-refractivity contribution in [3.63, 3.8) is 0 Å². The molecule has 6 nitrogen and oxygen atoms in total. The quantitative estimate of drug-likeness (QED) is 0.245. The van der Waals surface area contributed by atoms with Gasteiger partial charge in [-0.25, -0.2) is 4.79 Å². The van der Waals surface area contributed by atoms with Gasteiger partial charge in [0.2, 0.25) is 0 Å². The zero-order valence-corrected chi connectivity index (χ0v) is 22.1. The molecule has 1 atom stereocenters. The van der Waals surface area contributed by atoms with Gasteiger partial charge < -0.3 is 9.30 Å². The second-order valence-electron chi connectivity index (χ2n) is 9.26. The fraction of sp³-hybridized carbons (Fsp3) is 0.0938. The predicted octanol–water partition coefficient (Wildman–Crippen LogP) is 6.58. The van der Waals surface area contributed by atoms with Gasteiger partial charge in [0, 0.05) is 27.8 Å². The number of hydrogen-bond acceptors (Lipinski definition) is 5. The van der Waals surface area contributed by atoms with E-state index in [9.17, 15) is 14.4 Å². The Bertz CT molecular complexity index is 1770. The molecular formula is C32H24N2O4S. The molecule has 5 aromatic rings. The molecule has 1 unspecified atom stereocenters. The van der Waals surface area contributed by atoms with Crippen LogP contribution in [0.4, 0.5) is 11.4 Å². The van der Waals surface area contributed by atoms with Gasteiger partial charge in [-0.1, -0.05) is 84.6 Å². The number of para-hydroxylation sites is 2. The maximum Gasteiger partial charge on any atom is 0.356 e. The molecule has 7 heteroatoms. The maximum atomic E-state index is 13.9. The topological polar surface area (TPSA) is 68.6 Å². The van der Waals surface area contributed by atoms with Crippen molar-refractivity contribution < 1.29 is 14.3 Å². The van der Waals surface area contributed by atoms with E-state index in [-0.39, 0.29) is 17.2 Å². The third kappa shape index (κ3) is 4.21. The summed E-state index contributed by atoms with van der Waals surface area (Å²) in [5.74, 6) is -1.12. The number of esters is 1. The number of ether oxygens (including phenoxy) is 1. The number of pyridine rings is 1. The molecule has 0 saturated carbocycles. The van der Waals surface area contributed by atoms with Crippen LogP contribution < -0.4 is 10.5 Å². The number of hydrogen-bond donors (Lipinski definition) is 0. The highest BCUT2D eigenvalue weighted by molar-refractivity contribution is 7.99. The van der Waals surface area contributed by atoms with Crippen LogP contribution in [0.25, 0.3) is 21.9 Å². The van der Waals surface area contributed by atoms with Crippen molar-refractivity contribution in [3.8, 4) is 11.1 Å². The van der Waals surface area contributed by atoms with Gasteiger partial charge in [-0.05, 0) is 48.2 Å². The first kappa shape index (κ1) is 24.7. The number of aromatic nitrogens is 1. The Balaban J connectivity index is 1.42.